The normalized spacial score (nSPS) is 17.9. The number of halogens is 8. The van der Waals surface area contributed by atoms with Gasteiger partial charge in [0.25, 0.3) is 5.85 Å². The molecular formula is C7H8F8O4S. The van der Waals surface area contributed by atoms with Gasteiger partial charge in [-0.1, -0.05) is 13.3 Å². The molecule has 0 aliphatic carbocycles. The Morgan fingerprint density at radius 3 is 1.60 bits per heavy atom. The van der Waals surface area contributed by atoms with Crippen LogP contribution >= 0.6 is 0 Å². The molecule has 0 spiro atoms. The highest BCUT2D eigenvalue weighted by atomic mass is 32.3. The van der Waals surface area contributed by atoms with Crippen molar-refractivity contribution >= 4 is 10.4 Å². The molecule has 0 heterocycles. The quantitative estimate of drug-likeness (QED) is 0.596. The first kappa shape index (κ1) is 19.3. The topological polar surface area (TPSA) is 63.6 Å². The summed E-state index contributed by atoms with van der Waals surface area (Å²) in [5.41, 5.74) is 0. The zero-order valence-electron chi connectivity index (χ0n) is 9.52. The Bertz CT molecular complexity index is 444. The van der Waals surface area contributed by atoms with Gasteiger partial charge in [0, 0.05) is 6.42 Å². The van der Waals surface area contributed by atoms with Crippen molar-refractivity contribution in [3.63, 3.8) is 0 Å². The Kier molecular flexibility index (Phi) is 5.07. The number of hydrogen-bond donors (Lipinski definition) is 1. The monoisotopic (exact) mass is 340 g/mol. The molecule has 0 aromatic heterocycles. The van der Waals surface area contributed by atoms with E-state index < -0.39 is 47.1 Å². The maximum absolute atomic E-state index is 13.6. The van der Waals surface area contributed by atoms with E-state index in [1.54, 1.807) is 0 Å². The fourth-order valence-corrected chi connectivity index (χ4v) is 1.67. The zero-order chi connectivity index (χ0) is 16.6. The third kappa shape index (κ3) is 3.49. The van der Waals surface area contributed by atoms with Crippen LogP contribution in [0.2, 0.25) is 0 Å². The molecule has 0 aliphatic rings. The van der Waals surface area contributed by atoms with Crippen molar-refractivity contribution in [1.82, 2.24) is 0 Å². The second-order valence-electron chi connectivity index (χ2n) is 3.64. The van der Waals surface area contributed by atoms with Crippen LogP contribution in [0.25, 0.3) is 0 Å². The van der Waals surface area contributed by atoms with Crippen molar-refractivity contribution in [2.24, 2.45) is 0 Å². The minimum absolute atomic E-state index is 0.782. The summed E-state index contributed by atoms with van der Waals surface area (Å²) in [5, 5.41) is 0. The first-order chi connectivity index (χ1) is 8.52. The molecule has 0 amide bonds. The van der Waals surface area contributed by atoms with E-state index in [0.29, 0.717) is 0 Å². The molecule has 0 radical (unpaired) electrons. The van der Waals surface area contributed by atoms with Gasteiger partial charge in [-0.2, -0.15) is 39.2 Å². The van der Waals surface area contributed by atoms with E-state index in [9.17, 15) is 43.5 Å². The molecule has 4 nitrogen and oxygen atoms in total. The number of alkyl halides is 8. The van der Waals surface area contributed by atoms with E-state index in [-0.39, 0.29) is 0 Å². The van der Waals surface area contributed by atoms with E-state index in [4.69, 9.17) is 4.55 Å². The van der Waals surface area contributed by atoms with Crippen LogP contribution in [0.15, 0.2) is 0 Å². The summed E-state index contributed by atoms with van der Waals surface area (Å²) in [6.45, 7) is 0.878. The fraction of sp³-hybridized carbons (Fsp3) is 1.00. The smallest absolute Gasteiger partial charge is 0.263 e. The highest BCUT2D eigenvalue weighted by molar-refractivity contribution is 7.80. The van der Waals surface area contributed by atoms with Gasteiger partial charge in [0.15, 0.2) is 0 Å². The molecule has 0 saturated carbocycles. The third-order valence-electron chi connectivity index (χ3n) is 2.03. The number of hydrogen-bond acceptors (Lipinski definition) is 3. The van der Waals surface area contributed by atoms with Crippen LogP contribution in [0.3, 0.4) is 0 Å². The molecular weight excluding hydrogens is 332 g/mol. The molecule has 1 unspecified atom stereocenters. The molecule has 0 aliphatic heterocycles. The molecule has 1 atom stereocenters. The van der Waals surface area contributed by atoms with Crippen molar-refractivity contribution in [2.45, 2.75) is 43.6 Å². The predicted molar refractivity (Wildman–Crippen MR) is 47.3 cm³/mol. The lowest BCUT2D eigenvalue weighted by Gasteiger charge is -2.36. The Hall–Kier alpha value is -0.690. The van der Waals surface area contributed by atoms with Gasteiger partial charge in [-0.25, -0.2) is 8.57 Å². The lowest BCUT2D eigenvalue weighted by atomic mass is 9.99. The lowest BCUT2D eigenvalue weighted by Crippen LogP contribution is -2.63. The van der Waals surface area contributed by atoms with Crippen LogP contribution in [-0.2, 0) is 14.6 Å². The molecule has 0 fully saturated rings. The van der Waals surface area contributed by atoms with Gasteiger partial charge in [-0.15, -0.1) is 0 Å². The molecule has 0 aromatic carbocycles. The van der Waals surface area contributed by atoms with Gasteiger partial charge in [0.1, 0.15) is 0 Å². The van der Waals surface area contributed by atoms with Gasteiger partial charge in [0.2, 0.25) is 0 Å². The summed E-state index contributed by atoms with van der Waals surface area (Å²) < 4.78 is 132. The minimum atomic E-state index is -6.92. The first-order valence-corrected chi connectivity index (χ1v) is 6.07. The van der Waals surface area contributed by atoms with Gasteiger partial charge in [-0.3, -0.25) is 4.55 Å². The van der Waals surface area contributed by atoms with E-state index in [1.165, 1.54) is 0 Å². The van der Waals surface area contributed by atoms with Crippen molar-refractivity contribution in [1.29, 1.82) is 0 Å². The molecule has 0 saturated heterocycles. The Morgan fingerprint density at radius 2 is 1.35 bits per heavy atom. The summed E-state index contributed by atoms with van der Waals surface area (Å²) in [6, 6.07) is 0. The van der Waals surface area contributed by atoms with Crippen LogP contribution in [0.4, 0.5) is 35.1 Å². The predicted octanol–water partition coefficient (Wildman–Crippen LogP) is 3.10. The lowest BCUT2D eigenvalue weighted by molar-refractivity contribution is -0.403. The molecule has 122 valence electrons. The van der Waals surface area contributed by atoms with E-state index >= 15 is 0 Å². The second kappa shape index (κ2) is 5.26. The molecule has 1 N–H and O–H groups in total. The molecule has 0 rings (SSSR count). The Labute approximate surface area is 107 Å². The molecule has 0 bridgehead atoms. The van der Waals surface area contributed by atoms with Crippen LogP contribution in [0, 0.1) is 0 Å². The first-order valence-electron chi connectivity index (χ1n) is 4.71. The average Bonchev–Trinajstić information content (AvgIpc) is 2.12. The van der Waals surface area contributed by atoms with Gasteiger partial charge in [0.05, 0.1) is 0 Å². The van der Waals surface area contributed by atoms with Gasteiger partial charge < -0.3 is 0 Å². The SMILES string of the molecule is CCCC(F)(OS(=O)(=O)O)C(F)(F)C(F)(F)C(F)(F)F. The van der Waals surface area contributed by atoms with Gasteiger partial charge in [-0.05, 0) is 0 Å². The summed E-state index contributed by atoms with van der Waals surface area (Å²) in [5.74, 6) is -18.8. The maximum Gasteiger partial charge on any atom is 0.460 e. The average molecular weight is 340 g/mol. The Morgan fingerprint density at radius 1 is 0.950 bits per heavy atom. The summed E-state index contributed by atoms with van der Waals surface area (Å²) in [4.78, 5) is 0. The van der Waals surface area contributed by atoms with Crippen LogP contribution in [0.5, 0.6) is 0 Å². The third-order valence-corrected chi connectivity index (χ3v) is 2.50. The van der Waals surface area contributed by atoms with Crippen molar-refractivity contribution < 1.29 is 52.3 Å². The minimum Gasteiger partial charge on any atom is -0.263 e. The fourth-order valence-electron chi connectivity index (χ4n) is 1.15. The van der Waals surface area contributed by atoms with Crippen molar-refractivity contribution in [3.05, 3.63) is 0 Å². The molecule has 0 aromatic rings. The standard InChI is InChI=1S/C7H8F8O4S/c1-2-3-4(8,19-20(16,17)18)5(9,10)6(11,12)7(13,14)15/h2-3H2,1H3,(H,16,17,18). The largest absolute Gasteiger partial charge is 0.460 e. The zero-order valence-corrected chi connectivity index (χ0v) is 10.3. The molecule has 20 heavy (non-hydrogen) atoms. The number of rotatable bonds is 6. The summed E-state index contributed by atoms with van der Waals surface area (Å²) >= 11 is 0. The van der Waals surface area contributed by atoms with Crippen LogP contribution in [0.1, 0.15) is 19.8 Å². The summed E-state index contributed by atoms with van der Waals surface area (Å²) in [7, 11) is -6.05. The van der Waals surface area contributed by atoms with Gasteiger partial charge >= 0.3 is 28.4 Å². The Balaban J connectivity index is 5.92. The highest BCUT2D eigenvalue weighted by Gasteiger charge is 2.81. The molecule has 13 heteroatoms. The van der Waals surface area contributed by atoms with E-state index in [2.05, 4.69) is 4.18 Å². The van der Waals surface area contributed by atoms with Crippen LogP contribution < -0.4 is 0 Å². The highest BCUT2D eigenvalue weighted by Crippen LogP contribution is 2.54. The van der Waals surface area contributed by atoms with Crippen molar-refractivity contribution in [3.8, 4) is 0 Å². The summed E-state index contributed by atoms with van der Waals surface area (Å²) in [6.07, 6.45) is -9.49. The van der Waals surface area contributed by atoms with Crippen LogP contribution in [-0.4, -0.2) is 36.8 Å². The maximum atomic E-state index is 13.6. The van der Waals surface area contributed by atoms with E-state index in [1.807, 2.05) is 0 Å². The van der Waals surface area contributed by atoms with Crippen molar-refractivity contribution in [2.75, 3.05) is 0 Å². The van der Waals surface area contributed by atoms with E-state index in [0.717, 1.165) is 6.92 Å². The second-order valence-corrected chi connectivity index (χ2v) is 4.66.